The van der Waals surface area contributed by atoms with Crippen molar-refractivity contribution in [2.75, 3.05) is 13.7 Å². The van der Waals surface area contributed by atoms with Crippen LogP contribution in [0.4, 0.5) is 0 Å². The molecule has 1 aliphatic heterocycles. The maximum absolute atomic E-state index is 12.8. The molecule has 3 rings (SSSR count). The van der Waals surface area contributed by atoms with Crippen LogP contribution in [0.15, 0.2) is 41.8 Å². The Morgan fingerprint density at radius 1 is 1.33 bits per heavy atom. The summed E-state index contributed by atoms with van der Waals surface area (Å²) in [5.74, 6) is 0.816. The van der Waals surface area contributed by atoms with Crippen molar-refractivity contribution in [2.45, 2.75) is 64.8 Å². The van der Waals surface area contributed by atoms with Crippen molar-refractivity contribution in [1.82, 2.24) is 10.2 Å². The zero-order chi connectivity index (χ0) is 21.9. The fraction of sp³-hybridized carbons (Fsp3) is 0.542. The zero-order valence-electron chi connectivity index (χ0n) is 18.6. The van der Waals surface area contributed by atoms with Crippen LogP contribution < -0.4 is 10.1 Å². The van der Waals surface area contributed by atoms with Gasteiger partial charge in [-0.2, -0.15) is 0 Å². The van der Waals surface area contributed by atoms with E-state index in [0.29, 0.717) is 12.8 Å². The number of thiophene rings is 1. The Balaban J connectivity index is 1.90. The van der Waals surface area contributed by atoms with Crippen LogP contribution in [0, 0.1) is 5.41 Å². The summed E-state index contributed by atoms with van der Waals surface area (Å²) in [6.45, 7) is 9.48. The predicted molar refractivity (Wildman–Crippen MR) is 122 cm³/mol. The van der Waals surface area contributed by atoms with Gasteiger partial charge in [0.15, 0.2) is 0 Å². The van der Waals surface area contributed by atoms with E-state index in [1.165, 1.54) is 0 Å². The second kappa shape index (κ2) is 9.08. The number of carbonyl (C=O) groups excluding carboxylic acids is 1. The molecular formula is C24H34N2O3S. The minimum absolute atomic E-state index is 0.0161. The number of likely N-dealkylation sites (tertiary alicyclic amines) is 1. The molecule has 1 aliphatic rings. The fourth-order valence-corrected chi connectivity index (χ4v) is 5.04. The minimum atomic E-state index is -0.979. The van der Waals surface area contributed by atoms with E-state index in [9.17, 15) is 9.90 Å². The first-order chi connectivity index (χ1) is 14.1. The number of piperidine rings is 1. The lowest BCUT2D eigenvalue weighted by atomic mass is 9.81. The maximum Gasteiger partial charge on any atom is 0.220 e. The van der Waals surface area contributed by atoms with Gasteiger partial charge in [0.2, 0.25) is 5.91 Å². The van der Waals surface area contributed by atoms with Gasteiger partial charge in [0.05, 0.1) is 24.8 Å². The van der Waals surface area contributed by atoms with E-state index in [4.69, 9.17) is 4.74 Å². The topological polar surface area (TPSA) is 61.8 Å². The van der Waals surface area contributed by atoms with Crippen molar-refractivity contribution in [3.8, 4) is 5.75 Å². The molecule has 0 radical (unpaired) electrons. The molecule has 1 aromatic carbocycles. The molecule has 1 saturated heterocycles. The third-order valence-electron chi connectivity index (χ3n) is 5.65. The lowest BCUT2D eigenvalue weighted by Crippen LogP contribution is -2.62. The number of rotatable bonds is 6. The van der Waals surface area contributed by atoms with Crippen molar-refractivity contribution in [3.63, 3.8) is 0 Å². The number of benzene rings is 1. The standard InChI is InChI=1S/C24H34N2O3S/c1-23(2,3)15-20(27)25-22-21(19-10-7-13-30-19)26(12-11-24(22,4)28)16-17-8-6-9-18(14-17)29-5/h6-10,13-14,21-22,28H,11-12,15-16H2,1-5H3,(H,25,27). The molecule has 2 aromatic rings. The Morgan fingerprint density at radius 2 is 2.10 bits per heavy atom. The van der Waals surface area contributed by atoms with Crippen LogP contribution >= 0.6 is 11.3 Å². The van der Waals surface area contributed by atoms with Crippen molar-refractivity contribution < 1.29 is 14.6 Å². The molecule has 30 heavy (non-hydrogen) atoms. The van der Waals surface area contributed by atoms with E-state index in [2.05, 4.69) is 48.5 Å². The zero-order valence-corrected chi connectivity index (χ0v) is 19.5. The predicted octanol–water partition coefficient (Wildman–Crippen LogP) is 4.38. The van der Waals surface area contributed by atoms with Crippen LogP contribution in [0.25, 0.3) is 0 Å². The molecule has 5 nitrogen and oxygen atoms in total. The summed E-state index contributed by atoms with van der Waals surface area (Å²) >= 11 is 1.67. The monoisotopic (exact) mass is 430 g/mol. The van der Waals surface area contributed by atoms with Gasteiger partial charge in [0.1, 0.15) is 5.75 Å². The Kier molecular flexibility index (Phi) is 6.90. The van der Waals surface area contributed by atoms with E-state index in [0.717, 1.165) is 29.3 Å². The van der Waals surface area contributed by atoms with Crippen LogP contribution in [-0.4, -0.2) is 41.2 Å². The third-order valence-corrected chi connectivity index (χ3v) is 6.59. The molecule has 0 bridgehead atoms. The smallest absolute Gasteiger partial charge is 0.220 e. The molecule has 1 aromatic heterocycles. The number of amides is 1. The summed E-state index contributed by atoms with van der Waals surface area (Å²) in [5, 5.41) is 16.5. The molecule has 6 heteroatoms. The van der Waals surface area contributed by atoms with Crippen LogP contribution in [0.2, 0.25) is 0 Å². The molecule has 0 aliphatic carbocycles. The molecule has 3 unspecified atom stereocenters. The highest BCUT2D eigenvalue weighted by atomic mass is 32.1. The number of nitrogens with one attached hydrogen (secondary N) is 1. The summed E-state index contributed by atoms with van der Waals surface area (Å²) in [7, 11) is 1.67. The Morgan fingerprint density at radius 3 is 2.73 bits per heavy atom. The SMILES string of the molecule is COc1cccc(CN2CCC(C)(O)C(NC(=O)CC(C)(C)C)C2c2cccs2)c1. The van der Waals surface area contributed by atoms with Gasteiger partial charge in [-0.25, -0.2) is 0 Å². The number of hydrogen-bond donors (Lipinski definition) is 2. The average molecular weight is 431 g/mol. The molecular weight excluding hydrogens is 396 g/mol. The van der Waals surface area contributed by atoms with Gasteiger partial charge in [-0.1, -0.05) is 39.0 Å². The lowest BCUT2D eigenvalue weighted by molar-refractivity contribution is -0.130. The third kappa shape index (κ3) is 5.62. The van der Waals surface area contributed by atoms with Gasteiger partial charge in [0.25, 0.3) is 0 Å². The summed E-state index contributed by atoms with van der Waals surface area (Å²) in [6, 6.07) is 11.7. The molecule has 3 atom stereocenters. The number of methoxy groups -OCH3 is 1. The number of nitrogens with zero attached hydrogens (tertiary/aromatic N) is 1. The van der Waals surface area contributed by atoms with E-state index in [1.54, 1.807) is 18.4 Å². The van der Waals surface area contributed by atoms with E-state index < -0.39 is 5.60 Å². The maximum atomic E-state index is 12.8. The first kappa shape index (κ1) is 22.8. The molecule has 0 saturated carbocycles. The minimum Gasteiger partial charge on any atom is -0.497 e. The van der Waals surface area contributed by atoms with Crippen molar-refractivity contribution in [2.24, 2.45) is 5.41 Å². The van der Waals surface area contributed by atoms with Gasteiger partial charge >= 0.3 is 0 Å². The highest BCUT2D eigenvalue weighted by molar-refractivity contribution is 7.10. The fourth-order valence-electron chi connectivity index (χ4n) is 4.14. The van der Waals surface area contributed by atoms with Gasteiger partial charge < -0.3 is 15.2 Å². The number of carbonyl (C=O) groups is 1. The summed E-state index contributed by atoms with van der Waals surface area (Å²) in [4.78, 5) is 16.3. The summed E-state index contributed by atoms with van der Waals surface area (Å²) in [6.07, 6.45) is 1.02. The number of hydrogen-bond acceptors (Lipinski definition) is 5. The van der Waals surface area contributed by atoms with Gasteiger partial charge in [-0.05, 0) is 47.9 Å². The molecule has 1 fully saturated rings. The largest absolute Gasteiger partial charge is 0.497 e. The van der Waals surface area contributed by atoms with Crippen molar-refractivity contribution in [3.05, 3.63) is 52.2 Å². The quantitative estimate of drug-likeness (QED) is 0.714. The normalized spacial score (nSPS) is 25.1. The molecule has 164 valence electrons. The van der Waals surface area contributed by atoms with Crippen LogP contribution in [0.3, 0.4) is 0 Å². The van der Waals surface area contributed by atoms with Gasteiger partial charge in [0, 0.05) is 24.4 Å². The number of aliphatic hydroxyl groups is 1. The first-order valence-electron chi connectivity index (χ1n) is 10.5. The van der Waals surface area contributed by atoms with Crippen molar-refractivity contribution >= 4 is 17.2 Å². The summed E-state index contributed by atoms with van der Waals surface area (Å²) in [5.41, 5.74) is 0.0633. The highest BCUT2D eigenvalue weighted by Crippen LogP contribution is 2.40. The molecule has 2 heterocycles. The lowest BCUT2D eigenvalue weighted by Gasteiger charge is -2.49. The van der Waals surface area contributed by atoms with Gasteiger partial charge in [-0.15, -0.1) is 11.3 Å². The number of ether oxygens (including phenoxy) is 1. The molecule has 2 N–H and O–H groups in total. The molecule has 1 amide bonds. The average Bonchev–Trinajstić information content (AvgIpc) is 3.17. The Hall–Kier alpha value is -1.89. The van der Waals surface area contributed by atoms with Gasteiger partial charge in [-0.3, -0.25) is 9.69 Å². The van der Waals surface area contributed by atoms with E-state index >= 15 is 0 Å². The Labute approximate surface area is 184 Å². The Bertz CT molecular complexity index is 842. The summed E-state index contributed by atoms with van der Waals surface area (Å²) < 4.78 is 5.38. The van der Waals surface area contributed by atoms with Crippen LogP contribution in [0.1, 0.15) is 57.0 Å². The molecule has 0 spiro atoms. The van der Waals surface area contributed by atoms with E-state index in [1.807, 2.05) is 31.2 Å². The van der Waals surface area contributed by atoms with Crippen LogP contribution in [-0.2, 0) is 11.3 Å². The van der Waals surface area contributed by atoms with Crippen molar-refractivity contribution in [1.29, 1.82) is 0 Å². The van der Waals surface area contributed by atoms with E-state index in [-0.39, 0.29) is 23.4 Å². The second-order valence-electron chi connectivity index (χ2n) is 9.67. The van der Waals surface area contributed by atoms with Crippen LogP contribution in [0.5, 0.6) is 5.75 Å². The second-order valence-corrected chi connectivity index (χ2v) is 10.7. The first-order valence-corrected chi connectivity index (χ1v) is 11.4. The highest BCUT2D eigenvalue weighted by Gasteiger charge is 2.46.